The van der Waals surface area contributed by atoms with Crippen molar-refractivity contribution in [2.45, 2.75) is 59.3 Å². The van der Waals surface area contributed by atoms with Gasteiger partial charge in [-0.2, -0.15) is 0 Å². The lowest BCUT2D eigenvalue weighted by Gasteiger charge is -2.35. The quantitative estimate of drug-likeness (QED) is 0.657. The van der Waals surface area contributed by atoms with Gasteiger partial charge in [0, 0.05) is 0 Å². The number of hydrogen-bond donors (Lipinski definition) is 0. The predicted octanol–water partition coefficient (Wildman–Crippen LogP) is 4.82. The number of carbonyl (C=O) groups excluding carboxylic acids is 1. The second-order valence-corrected chi connectivity index (χ2v) is 7.17. The first kappa shape index (κ1) is 14.8. The Balaban J connectivity index is 2.97. The first-order chi connectivity index (χ1) is 7.90. The van der Waals surface area contributed by atoms with Crippen molar-refractivity contribution in [1.82, 2.24) is 0 Å². The number of allylic oxidation sites excluding steroid dienone is 2. The Labute approximate surface area is 110 Å². The Hall–Kier alpha value is -0.240. The van der Waals surface area contributed by atoms with Crippen molar-refractivity contribution in [3.63, 3.8) is 0 Å². The molecule has 1 rings (SSSR count). The molecular weight excluding hydrogens is 228 g/mol. The van der Waals surface area contributed by atoms with Gasteiger partial charge >= 0.3 is 0 Å². The maximum absolute atomic E-state index is 12.3. The molecule has 17 heavy (non-hydrogen) atoms. The Kier molecular flexibility index (Phi) is 5.30. The SMILES string of the molecule is CSC(=O)C1(CC(C)(C)C)/C=C/CCCCC1. The lowest BCUT2D eigenvalue weighted by Crippen LogP contribution is -2.32. The average molecular weight is 254 g/mol. The molecule has 98 valence electrons. The van der Waals surface area contributed by atoms with E-state index < -0.39 is 0 Å². The molecule has 0 N–H and O–H groups in total. The van der Waals surface area contributed by atoms with Crippen LogP contribution in [0.5, 0.6) is 0 Å². The van der Waals surface area contributed by atoms with Crippen LogP contribution in [0.15, 0.2) is 12.2 Å². The van der Waals surface area contributed by atoms with E-state index in [2.05, 4.69) is 32.9 Å². The monoisotopic (exact) mass is 254 g/mol. The largest absolute Gasteiger partial charge is 0.286 e. The summed E-state index contributed by atoms with van der Waals surface area (Å²) in [5, 5.41) is 0.352. The molecular formula is C15H26OS. The second kappa shape index (κ2) is 6.08. The molecule has 1 aliphatic rings. The summed E-state index contributed by atoms with van der Waals surface area (Å²) in [6.45, 7) is 6.69. The van der Waals surface area contributed by atoms with Crippen LogP contribution >= 0.6 is 11.8 Å². The van der Waals surface area contributed by atoms with Gasteiger partial charge in [-0.25, -0.2) is 0 Å². The van der Waals surface area contributed by atoms with E-state index in [0.717, 1.165) is 19.3 Å². The summed E-state index contributed by atoms with van der Waals surface area (Å²) in [7, 11) is 0. The van der Waals surface area contributed by atoms with Crippen LogP contribution in [0.25, 0.3) is 0 Å². The number of hydrogen-bond acceptors (Lipinski definition) is 2. The van der Waals surface area contributed by atoms with E-state index in [4.69, 9.17) is 0 Å². The maximum Gasteiger partial charge on any atom is 0.198 e. The topological polar surface area (TPSA) is 17.1 Å². The summed E-state index contributed by atoms with van der Waals surface area (Å²) in [6, 6.07) is 0. The molecule has 0 bridgehead atoms. The van der Waals surface area contributed by atoms with Crippen LogP contribution in [0, 0.1) is 10.8 Å². The second-order valence-electron chi connectivity index (χ2n) is 6.39. The smallest absolute Gasteiger partial charge is 0.198 e. The van der Waals surface area contributed by atoms with Crippen molar-refractivity contribution < 1.29 is 4.79 Å². The average Bonchev–Trinajstić information content (AvgIpc) is 2.19. The van der Waals surface area contributed by atoms with Crippen LogP contribution in [0.1, 0.15) is 59.3 Å². The van der Waals surface area contributed by atoms with E-state index >= 15 is 0 Å². The van der Waals surface area contributed by atoms with E-state index in [1.807, 2.05) is 6.26 Å². The minimum atomic E-state index is -0.210. The molecule has 0 aliphatic heterocycles. The Morgan fingerprint density at radius 2 is 2.00 bits per heavy atom. The van der Waals surface area contributed by atoms with Gasteiger partial charge in [-0.3, -0.25) is 4.79 Å². The van der Waals surface area contributed by atoms with Crippen molar-refractivity contribution in [1.29, 1.82) is 0 Å². The molecule has 1 unspecified atom stereocenters. The van der Waals surface area contributed by atoms with E-state index in [0.29, 0.717) is 5.12 Å². The van der Waals surface area contributed by atoms with E-state index in [1.54, 1.807) is 0 Å². The van der Waals surface area contributed by atoms with Crippen LogP contribution in [0.2, 0.25) is 0 Å². The molecule has 0 fully saturated rings. The van der Waals surface area contributed by atoms with Crippen molar-refractivity contribution in [3.8, 4) is 0 Å². The molecule has 0 aromatic rings. The molecule has 0 spiro atoms. The van der Waals surface area contributed by atoms with Crippen molar-refractivity contribution >= 4 is 16.9 Å². The number of rotatable bonds is 2. The van der Waals surface area contributed by atoms with E-state index in [9.17, 15) is 4.79 Å². The van der Waals surface area contributed by atoms with Gasteiger partial charge in [0.2, 0.25) is 0 Å². The van der Waals surface area contributed by atoms with Gasteiger partial charge in [0.1, 0.15) is 0 Å². The molecule has 0 amide bonds. The number of thioether (sulfide) groups is 1. The minimum absolute atomic E-state index is 0.203. The minimum Gasteiger partial charge on any atom is -0.286 e. The third kappa shape index (κ3) is 4.50. The zero-order chi connectivity index (χ0) is 12.9. The van der Waals surface area contributed by atoms with Crippen LogP contribution in [0.3, 0.4) is 0 Å². The van der Waals surface area contributed by atoms with Gasteiger partial charge in [0.05, 0.1) is 5.41 Å². The zero-order valence-electron chi connectivity index (χ0n) is 11.7. The van der Waals surface area contributed by atoms with Crippen LogP contribution in [0.4, 0.5) is 0 Å². The molecule has 2 heteroatoms. The van der Waals surface area contributed by atoms with E-state index in [1.165, 1.54) is 31.0 Å². The highest BCUT2D eigenvalue weighted by Gasteiger charge is 2.38. The molecule has 0 radical (unpaired) electrons. The van der Waals surface area contributed by atoms with E-state index in [-0.39, 0.29) is 10.8 Å². The lowest BCUT2D eigenvalue weighted by molar-refractivity contribution is -0.119. The molecule has 1 nitrogen and oxygen atoms in total. The zero-order valence-corrected chi connectivity index (χ0v) is 12.5. The van der Waals surface area contributed by atoms with Gasteiger partial charge in [-0.15, -0.1) is 0 Å². The summed E-state index contributed by atoms with van der Waals surface area (Å²) >= 11 is 1.40. The lowest BCUT2D eigenvalue weighted by atomic mass is 9.70. The molecule has 1 atom stereocenters. The normalized spacial score (nSPS) is 28.2. The van der Waals surface area contributed by atoms with Crippen LogP contribution in [-0.2, 0) is 4.79 Å². The van der Waals surface area contributed by atoms with Gasteiger partial charge in [-0.1, -0.05) is 57.5 Å². The number of carbonyl (C=O) groups is 1. The summed E-state index contributed by atoms with van der Waals surface area (Å²) < 4.78 is 0. The highest BCUT2D eigenvalue weighted by molar-refractivity contribution is 8.13. The summed E-state index contributed by atoms with van der Waals surface area (Å²) in [6.07, 6.45) is 13.2. The fraction of sp³-hybridized carbons (Fsp3) is 0.800. The van der Waals surface area contributed by atoms with Crippen molar-refractivity contribution in [2.75, 3.05) is 6.26 Å². The van der Waals surface area contributed by atoms with Crippen LogP contribution in [-0.4, -0.2) is 11.4 Å². The molecule has 0 aromatic heterocycles. The molecule has 0 heterocycles. The van der Waals surface area contributed by atoms with Crippen LogP contribution < -0.4 is 0 Å². The Morgan fingerprint density at radius 3 is 2.59 bits per heavy atom. The molecule has 0 aromatic carbocycles. The van der Waals surface area contributed by atoms with Gasteiger partial charge in [0.25, 0.3) is 0 Å². The fourth-order valence-electron chi connectivity index (χ4n) is 2.81. The summed E-state index contributed by atoms with van der Waals surface area (Å²) in [5.41, 5.74) is -0.00693. The summed E-state index contributed by atoms with van der Waals surface area (Å²) in [5.74, 6) is 0. The third-order valence-corrected chi connectivity index (χ3v) is 4.15. The maximum atomic E-state index is 12.3. The first-order valence-electron chi connectivity index (χ1n) is 6.66. The van der Waals surface area contributed by atoms with Gasteiger partial charge in [-0.05, 0) is 37.4 Å². The highest BCUT2D eigenvalue weighted by atomic mass is 32.2. The predicted molar refractivity (Wildman–Crippen MR) is 77.3 cm³/mol. The van der Waals surface area contributed by atoms with Gasteiger partial charge in [0.15, 0.2) is 5.12 Å². The first-order valence-corrected chi connectivity index (χ1v) is 7.88. The molecule has 0 saturated carbocycles. The standard InChI is InChI=1S/C15H26OS/c1-14(2,3)12-15(13(16)17-4)10-8-6-5-7-9-11-15/h8,10H,5-7,9,11-12H2,1-4H3/b10-8+. The van der Waals surface area contributed by atoms with Crippen molar-refractivity contribution in [3.05, 3.63) is 12.2 Å². The van der Waals surface area contributed by atoms with Gasteiger partial charge < -0.3 is 0 Å². The highest BCUT2D eigenvalue weighted by Crippen LogP contribution is 2.43. The third-order valence-electron chi connectivity index (χ3n) is 3.37. The Morgan fingerprint density at radius 1 is 1.29 bits per heavy atom. The molecule has 0 saturated heterocycles. The fourth-order valence-corrected chi connectivity index (χ4v) is 3.46. The Bertz CT molecular complexity index is 288. The summed E-state index contributed by atoms with van der Waals surface area (Å²) in [4.78, 5) is 12.3. The van der Waals surface area contributed by atoms with Crippen molar-refractivity contribution in [2.24, 2.45) is 10.8 Å². The molecule has 1 aliphatic carbocycles.